The van der Waals surface area contributed by atoms with Gasteiger partial charge in [0, 0.05) is 25.6 Å². The molecule has 0 bridgehead atoms. The summed E-state index contributed by atoms with van der Waals surface area (Å²) in [6, 6.07) is 6.75. The number of piperidine rings is 1. The van der Waals surface area contributed by atoms with E-state index < -0.39 is 5.82 Å². The summed E-state index contributed by atoms with van der Waals surface area (Å²) in [5.74, 6) is -0.532. The molecule has 1 saturated heterocycles. The number of carbonyl (C=O) groups excluding carboxylic acids is 1. The van der Waals surface area contributed by atoms with Crippen LogP contribution in [0.4, 0.5) is 10.1 Å². The maximum Gasteiger partial charge on any atom is 0.225 e. The quantitative estimate of drug-likeness (QED) is 0.864. The average molecular weight is 279 g/mol. The van der Waals surface area contributed by atoms with Gasteiger partial charge in [-0.15, -0.1) is 0 Å². The highest BCUT2D eigenvalue weighted by Crippen LogP contribution is 2.13. The van der Waals surface area contributed by atoms with Gasteiger partial charge >= 0.3 is 0 Å². The number of hydrogen-bond donors (Lipinski definition) is 2. The minimum Gasteiger partial charge on any atom is -0.324 e. The van der Waals surface area contributed by atoms with Crippen molar-refractivity contribution in [1.29, 1.82) is 0 Å². The van der Waals surface area contributed by atoms with E-state index in [0.29, 0.717) is 12.5 Å². The number of anilines is 1. The molecule has 0 radical (unpaired) electrons. The average Bonchev–Trinajstić information content (AvgIpc) is 2.48. The van der Waals surface area contributed by atoms with Crippen LogP contribution in [0.25, 0.3) is 0 Å². The summed E-state index contributed by atoms with van der Waals surface area (Å²) in [7, 11) is 1.97. The molecule has 1 aromatic carbocycles. The fraction of sp³-hybridized carbons (Fsp3) is 0.533. The number of para-hydroxylation sites is 1. The molecule has 1 atom stereocenters. The van der Waals surface area contributed by atoms with Crippen molar-refractivity contribution < 1.29 is 9.18 Å². The first-order valence-corrected chi connectivity index (χ1v) is 7.13. The highest BCUT2D eigenvalue weighted by atomic mass is 19.1. The number of nitrogens with zero attached hydrogens (tertiary/aromatic N) is 1. The lowest BCUT2D eigenvalue weighted by Gasteiger charge is -2.32. The first kappa shape index (κ1) is 14.9. The zero-order chi connectivity index (χ0) is 14.4. The highest BCUT2D eigenvalue weighted by Gasteiger charge is 2.18. The van der Waals surface area contributed by atoms with Crippen LogP contribution >= 0.6 is 0 Å². The van der Waals surface area contributed by atoms with E-state index in [1.165, 1.54) is 12.5 Å². The van der Waals surface area contributed by atoms with Crippen molar-refractivity contribution in [3.8, 4) is 0 Å². The van der Waals surface area contributed by atoms with Crippen LogP contribution in [0.15, 0.2) is 24.3 Å². The Balaban J connectivity index is 1.76. The van der Waals surface area contributed by atoms with E-state index >= 15 is 0 Å². The molecule has 20 heavy (non-hydrogen) atoms. The number of nitrogens with one attached hydrogen (secondary N) is 2. The van der Waals surface area contributed by atoms with Gasteiger partial charge in [-0.25, -0.2) is 4.39 Å². The second kappa shape index (κ2) is 7.36. The van der Waals surface area contributed by atoms with E-state index in [1.54, 1.807) is 18.2 Å². The summed E-state index contributed by atoms with van der Waals surface area (Å²) in [5, 5.41) is 5.90. The minimum atomic E-state index is -0.394. The Bertz CT molecular complexity index is 452. The Hall–Kier alpha value is -1.46. The van der Waals surface area contributed by atoms with Crippen molar-refractivity contribution in [3.05, 3.63) is 30.1 Å². The van der Waals surface area contributed by atoms with Gasteiger partial charge in [-0.2, -0.15) is 0 Å². The number of likely N-dealkylation sites (tertiary alicyclic amines) is 1. The zero-order valence-electron chi connectivity index (χ0n) is 11.9. The predicted molar refractivity (Wildman–Crippen MR) is 78.2 cm³/mol. The van der Waals surface area contributed by atoms with Gasteiger partial charge in [0.1, 0.15) is 5.82 Å². The van der Waals surface area contributed by atoms with Gasteiger partial charge in [0.25, 0.3) is 0 Å². The molecule has 0 aliphatic carbocycles. The molecule has 1 aliphatic heterocycles. The molecule has 1 heterocycles. The number of likely N-dealkylation sites (N-methyl/N-ethyl adjacent to an activating group) is 1. The molecule has 1 unspecified atom stereocenters. The third kappa shape index (κ3) is 4.28. The fourth-order valence-corrected chi connectivity index (χ4v) is 2.53. The van der Waals surface area contributed by atoms with E-state index in [-0.39, 0.29) is 11.6 Å². The number of carbonyl (C=O) groups is 1. The fourth-order valence-electron chi connectivity index (χ4n) is 2.53. The van der Waals surface area contributed by atoms with Gasteiger partial charge in [-0.3, -0.25) is 4.79 Å². The molecule has 4 nitrogen and oxygen atoms in total. The lowest BCUT2D eigenvalue weighted by Crippen LogP contribution is -2.45. The van der Waals surface area contributed by atoms with Crippen LogP contribution in [0.3, 0.4) is 0 Å². The molecule has 5 heteroatoms. The molecule has 0 spiro atoms. The second-order valence-electron chi connectivity index (χ2n) is 5.21. The number of hydrogen-bond acceptors (Lipinski definition) is 3. The molecule has 1 aromatic rings. The largest absolute Gasteiger partial charge is 0.324 e. The highest BCUT2D eigenvalue weighted by molar-refractivity contribution is 5.90. The van der Waals surface area contributed by atoms with E-state index in [9.17, 15) is 9.18 Å². The zero-order valence-corrected chi connectivity index (χ0v) is 11.9. The standard InChI is InChI=1S/C15H22FN3O/c1-17-12-5-4-9-19(11-12)10-8-15(20)18-14-7-3-2-6-13(14)16/h2-3,6-7,12,17H,4-5,8-11H2,1H3,(H,18,20). The number of amides is 1. The van der Waals surface area contributed by atoms with Gasteiger partial charge in [-0.1, -0.05) is 12.1 Å². The normalized spacial score (nSPS) is 19.8. The van der Waals surface area contributed by atoms with Crippen LogP contribution in [0.2, 0.25) is 0 Å². The second-order valence-corrected chi connectivity index (χ2v) is 5.21. The van der Waals surface area contributed by atoms with Gasteiger partial charge in [0.2, 0.25) is 5.91 Å². The molecular formula is C15H22FN3O. The summed E-state index contributed by atoms with van der Waals surface area (Å²) in [6.45, 7) is 2.73. The Morgan fingerprint density at radius 3 is 3.00 bits per heavy atom. The molecule has 1 aliphatic rings. The van der Waals surface area contributed by atoms with Crippen LogP contribution in [-0.4, -0.2) is 43.5 Å². The molecule has 0 saturated carbocycles. The van der Waals surface area contributed by atoms with E-state index in [0.717, 1.165) is 26.1 Å². The van der Waals surface area contributed by atoms with E-state index in [1.807, 2.05) is 7.05 Å². The maximum atomic E-state index is 13.4. The van der Waals surface area contributed by atoms with Crippen LogP contribution in [0, 0.1) is 5.82 Å². The van der Waals surface area contributed by atoms with Gasteiger partial charge in [0.15, 0.2) is 0 Å². The van der Waals surface area contributed by atoms with Gasteiger partial charge in [0.05, 0.1) is 5.69 Å². The molecular weight excluding hydrogens is 257 g/mol. The SMILES string of the molecule is CNC1CCCN(CCC(=O)Nc2ccccc2F)C1. The molecule has 0 aromatic heterocycles. The van der Waals surface area contributed by atoms with E-state index in [2.05, 4.69) is 15.5 Å². The molecule has 110 valence electrons. The van der Waals surface area contributed by atoms with Crippen LogP contribution in [0.5, 0.6) is 0 Å². The Kier molecular flexibility index (Phi) is 5.49. The van der Waals surface area contributed by atoms with Gasteiger partial charge < -0.3 is 15.5 Å². The molecule has 2 N–H and O–H groups in total. The Morgan fingerprint density at radius 1 is 1.45 bits per heavy atom. The third-order valence-corrected chi connectivity index (χ3v) is 3.72. The summed E-state index contributed by atoms with van der Waals surface area (Å²) >= 11 is 0. The number of benzene rings is 1. The van der Waals surface area contributed by atoms with Gasteiger partial charge in [-0.05, 0) is 38.6 Å². The number of rotatable bonds is 5. The van der Waals surface area contributed by atoms with Crippen LogP contribution in [0.1, 0.15) is 19.3 Å². The van der Waals surface area contributed by atoms with Crippen molar-refractivity contribution in [2.45, 2.75) is 25.3 Å². The van der Waals surface area contributed by atoms with Crippen LogP contribution in [-0.2, 0) is 4.79 Å². The first-order chi connectivity index (χ1) is 9.69. The first-order valence-electron chi connectivity index (χ1n) is 7.13. The summed E-state index contributed by atoms with van der Waals surface area (Å²) in [5.41, 5.74) is 0.254. The van der Waals surface area contributed by atoms with Crippen molar-refractivity contribution in [2.75, 3.05) is 32.0 Å². The Morgan fingerprint density at radius 2 is 2.25 bits per heavy atom. The Labute approximate surface area is 119 Å². The predicted octanol–water partition coefficient (Wildman–Crippen LogP) is 1.84. The number of halogens is 1. The van der Waals surface area contributed by atoms with Crippen LogP contribution < -0.4 is 10.6 Å². The molecule has 1 fully saturated rings. The molecule has 2 rings (SSSR count). The molecule has 1 amide bonds. The van der Waals surface area contributed by atoms with Crippen molar-refractivity contribution in [2.24, 2.45) is 0 Å². The summed E-state index contributed by atoms with van der Waals surface area (Å²) in [6.07, 6.45) is 2.74. The lowest BCUT2D eigenvalue weighted by atomic mass is 10.1. The van der Waals surface area contributed by atoms with Crippen molar-refractivity contribution >= 4 is 11.6 Å². The van der Waals surface area contributed by atoms with Crippen molar-refractivity contribution in [3.63, 3.8) is 0 Å². The minimum absolute atomic E-state index is 0.137. The third-order valence-electron chi connectivity index (χ3n) is 3.72. The monoisotopic (exact) mass is 279 g/mol. The maximum absolute atomic E-state index is 13.4. The summed E-state index contributed by atoms with van der Waals surface area (Å²) < 4.78 is 13.4. The van der Waals surface area contributed by atoms with Crippen molar-refractivity contribution in [1.82, 2.24) is 10.2 Å². The van der Waals surface area contributed by atoms with E-state index in [4.69, 9.17) is 0 Å². The smallest absolute Gasteiger partial charge is 0.225 e. The lowest BCUT2D eigenvalue weighted by molar-refractivity contribution is -0.116. The summed E-state index contributed by atoms with van der Waals surface area (Å²) in [4.78, 5) is 14.1. The topological polar surface area (TPSA) is 44.4 Å².